The second-order valence-corrected chi connectivity index (χ2v) is 7.85. The molecule has 2 aromatic heterocycles. The number of halogens is 1. The minimum Gasteiger partial charge on any atom is -0.357 e. The predicted molar refractivity (Wildman–Crippen MR) is 131 cm³/mol. The van der Waals surface area contributed by atoms with Crippen molar-refractivity contribution < 1.29 is 0 Å². The van der Waals surface area contributed by atoms with Gasteiger partial charge in [0, 0.05) is 30.4 Å². The molecule has 3 aromatic rings. The third-order valence-corrected chi connectivity index (χ3v) is 5.50. The number of guanidine groups is 1. The molecular formula is C21H29IN6S. The van der Waals surface area contributed by atoms with Gasteiger partial charge in [0.25, 0.3) is 0 Å². The standard InChI is InChI=1S/C21H28N6S.HI/c1-4-22-21(24-14-19-16(2)26-17(3)28-19)25-15-20-23-11-13-27(20)12-10-18-8-6-5-7-9-18;/h5-9,11,13H,4,10,12,14-15H2,1-3H3,(H2,22,24,25);1H. The van der Waals surface area contributed by atoms with Crippen LogP contribution in [0.3, 0.4) is 0 Å². The zero-order valence-electron chi connectivity index (χ0n) is 17.2. The van der Waals surface area contributed by atoms with Crippen molar-refractivity contribution in [1.82, 2.24) is 25.2 Å². The van der Waals surface area contributed by atoms with Gasteiger partial charge in [-0.3, -0.25) is 0 Å². The van der Waals surface area contributed by atoms with Crippen molar-refractivity contribution in [2.45, 2.75) is 46.8 Å². The van der Waals surface area contributed by atoms with E-state index in [9.17, 15) is 0 Å². The van der Waals surface area contributed by atoms with Crippen LogP contribution in [-0.4, -0.2) is 27.0 Å². The van der Waals surface area contributed by atoms with Gasteiger partial charge in [0.2, 0.25) is 0 Å². The molecule has 0 saturated carbocycles. The van der Waals surface area contributed by atoms with Crippen molar-refractivity contribution in [2.24, 2.45) is 4.99 Å². The minimum atomic E-state index is 0. The first-order valence-corrected chi connectivity index (χ1v) is 10.5. The number of thiazole rings is 1. The highest BCUT2D eigenvalue weighted by molar-refractivity contribution is 14.0. The van der Waals surface area contributed by atoms with Crippen LogP contribution in [0.25, 0.3) is 0 Å². The van der Waals surface area contributed by atoms with Gasteiger partial charge in [-0.05, 0) is 32.8 Å². The molecule has 8 heteroatoms. The van der Waals surface area contributed by atoms with Gasteiger partial charge in [-0.2, -0.15) is 0 Å². The van der Waals surface area contributed by atoms with Gasteiger partial charge in [-0.15, -0.1) is 35.3 Å². The fraction of sp³-hybridized carbons (Fsp3) is 0.381. The molecule has 0 fully saturated rings. The second kappa shape index (κ2) is 11.9. The highest BCUT2D eigenvalue weighted by Gasteiger charge is 2.07. The molecule has 156 valence electrons. The van der Waals surface area contributed by atoms with Gasteiger partial charge in [0.15, 0.2) is 5.96 Å². The van der Waals surface area contributed by atoms with Crippen molar-refractivity contribution in [3.05, 3.63) is 69.7 Å². The fourth-order valence-corrected chi connectivity index (χ4v) is 3.86. The number of aliphatic imine (C=N–C) groups is 1. The number of benzene rings is 1. The SMILES string of the molecule is CCNC(=NCc1nccn1CCc1ccccc1)NCc1sc(C)nc1C.I. The normalized spacial score (nSPS) is 11.2. The Morgan fingerprint density at radius 2 is 1.97 bits per heavy atom. The van der Waals surface area contributed by atoms with Crippen LogP contribution in [0, 0.1) is 13.8 Å². The van der Waals surface area contributed by atoms with Crippen LogP contribution in [0.15, 0.2) is 47.7 Å². The molecule has 0 bridgehead atoms. The molecule has 3 rings (SSSR count). The number of aryl methyl sites for hydroxylation is 4. The summed E-state index contributed by atoms with van der Waals surface area (Å²) in [6.45, 7) is 9.14. The number of nitrogens with one attached hydrogen (secondary N) is 2. The zero-order valence-corrected chi connectivity index (χ0v) is 20.3. The molecular weight excluding hydrogens is 495 g/mol. The number of nitrogens with zero attached hydrogens (tertiary/aromatic N) is 4. The molecule has 1 aromatic carbocycles. The van der Waals surface area contributed by atoms with Crippen molar-refractivity contribution >= 4 is 41.3 Å². The first-order chi connectivity index (χ1) is 13.7. The van der Waals surface area contributed by atoms with Crippen molar-refractivity contribution in [3.8, 4) is 0 Å². The van der Waals surface area contributed by atoms with Gasteiger partial charge >= 0.3 is 0 Å². The molecule has 0 spiro atoms. The molecule has 0 unspecified atom stereocenters. The van der Waals surface area contributed by atoms with E-state index in [4.69, 9.17) is 4.99 Å². The van der Waals surface area contributed by atoms with Crippen molar-refractivity contribution in [2.75, 3.05) is 6.54 Å². The number of rotatable bonds is 8. The lowest BCUT2D eigenvalue weighted by molar-refractivity contribution is 0.650. The van der Waals surface area contributed by atoms with Crippen LogP contribution in [-0.2, 0) is 26.1 Å². The van der Waals surface area contributed by atoms with E-state index in [0.717, 1.165) is 48.5 Å². The summed E-state index contributed by atoms with van der Waals surface area (Å²) in [5, 5.41) is 7.80. The smallest absolute Gasteiger partial charge is 0.191 e. The Labute approximate surface area is 193 Å². The van der Waals surface area contributed by atoms with E-state index in [1.54, 1.807) is 11.3 Å². The molecule has 2 N–H and O–H groups in total. The number of aromatic nitrogens is 3. The third-order valence-electron chi connectivity index (χ3n) is 4.42. The lowest BCUT2D eigenvalue weighted by Crippen LogP contribution is -2.36. The average molecular weight is 524 g/mol. The van der Waals surface area contributed by atoms with E-state index in [-0.39, 0.29) is 24.0 Å². The Balaban J connectivity index is 0.00000300. The Bertz CT molecular complexity index is 903. The van der Waals surface area contributed by atoms with Crippen molar-refractivity contribution in [3.63, 3.8) is 0 Å². The minimum absolute atomic E-state index is 0. The van der Waals surface area contributed by atoms with Crippen LogP contribution < -0.4 is 10.6 Å². The maximum atomic E-state index is 4.72. The molecule has 0 radical (unpaired) electrons. The third kappa shape index (κ3) is 7.11. The number of hydrogen-bond acceptors (Lipinski definition) is 4. The lowest BCUT2D eigenvalue weighted by atomic mass is 10.1. The largest absolute Gasteiger partial charge is 0.357 e. The Hall–Kier alpha value is -1.94. The summed E-state index contributed by atoms with van der Waals surface area (Å²) in [6.07, 6.45) is 4.85. The summed E-state index contributed by atoms with van der Waals surface area (Å²) < 4.78 is 2.18. The summed E-state index contributed by atoms with van der Waals surface area (Å²) in [4.78, 5) is 14.9. The number of hydrogen-bond donors (Lipinski definition) is 2. The molecule has 0 amide bonds. The van der Waals surface area contributed by atoms with E-state index in [1.807, 2.05) is 32.3 Å². The van der Waals surface area contributed by atoms with Crippen LogP contribution in [0.1, 0.15) is 33.9 Å². The molecule has 6 nitrogen and oxygen atoms in total. The van der Waals surface area contributed by atoms with Crippen LogP contribution in [0.2, 0.25) is 0 Å². The lowest BCUT2D eigenvalue weighted by Gasteiger charge is -2.11. The van der Waals surface area contributed by atoms with Crippen molar-refractivity contribution in [1.29, 1.82) is 0 Å². The maximum absolute atomic E-state index is 4.72. The molecule has 0 saturated heterocycles. The first-order valence-electron chi connectivity index (χ1n) is 9.64. The van der Waals surface area contributed by atoms with Gasteiger partial charge in [0.1, 0.15) is 12.4 Å². The molecule has 29 heavy (non-hydrogen) atoms. The fourth-order valence-electron chi connectivity index (χ4n) is 2.98. The molecule has 0 aliphatic heterocycles. The van der Waals surface area contributed by atoms with Crippen LogP contribution in [0.4, 0.5) is 0 Å². The molecule has 0 aliphatic carbocycles. The van der Waals surface area contributed by atoms with Gasteiger partial charge in [-0.25, -0.2) is 15.0 Å². The Morgan fingerprint density at radius 1 is 1.17 bits per heavy atom. The summed E-state index contributed by atoms with van der Waals surface area (Å²) in [5.41, 5.74) is 2.41. The summed E-state index contributed by atoms with van der Waals surface area (Å²) >= 11 is 1.72. The molecule has 0 atom stereocenters. The van der Waals surface area contributed by atoms with E-state index >= 15 is 0 Å². The van der Waals surface area contributed by atoms with Gasteiger partial charge in [-0.1, -0.05) is 30.3 Å². The Morgan fingerprint density at radius 3 is 2.66 bits per heavy atom. The predicted octanol–water partition coefficient (Wildman–Crippen LogP) is 4.07. The van der Waals surface area contributed by atoms with E-state index in [0.29, 0.717) is 6.54 Å². The summed E-state index contributed by atoms with van der Waals surface area (Å²) in [6, 6.07) is 10.5. The topological polar surface area (TPSA) is 67.1 Å². The molecule has 2 heterocycles. The van der Waals surface area contributed by atoms with Gasteiger partial charge in [0.05, 0.1) is 17.2 Å². The highest BCUT2D eigenvalue weighted by Crippen LogP contribution is 2.16. The quantitative estimate of drug-likeness (QED) is 0.265. The Kier molecular flexibility index (Phi) is 9.59. The van der Waals surface area contributed by atoms with E-state index in [1.165, 1.54) is 10.4 Å². The van der Waals surface area contributed by atoms with E-state index < -0.39 is 0 Å². The maximum Gasteiger partial charge on any atom is 0.191 e. The van der Waals surface area contributed by atoms with Gasteiger partial charge < -0.3 is 15.2 Å². The monoisotopic (exact) mass is 524 g/mol. The first kappa shape index (κ1) is 23.3. The highest BCUT2D eigenvalue weighted by atomic mass is 127. The summed E-state index contributed by atoms with van der Waals surface area (Å²) in [5.74, 6) is 1.77. The zero-order chi connectivity index (χ0) is 19.8. The van der Waals surface area contributed by atoms with Crippen LogP contribution in [0.5, 0.6) is 0 Å². The second-order valence-electron chi connectivity index (χ2n) is 6.56. The molecule has 0 aliphatic rings. The average Bonchev–Trinajstić information content (AvgIpc) is 3.28. The van der Waals surface area contributed by atoms with E-state index in [2.05, 4.69) is 56.4 Å². The van der Waals surface area contributed by atoms with Crippen LogP contribution >= 0.6 is 35.3 Å². The number of imidazole rings is 1. The summed E-state index contributed by atoms with van der Waals surface area (Å²) in [7, 11) is 0.